The summed E-state index contributed by atoms with van der Waals surface area (Å²) >= 11 is 0. The van der Waals surface area contributed by atoms with Crippen molar-refractivity contribution >= 4 is 17.5 Å². The van der Waals surface area contributed by atoms with Crippen LogP contribution in [-0.2, 0) is 15.8 Å². The molecule has 1 aliphatic carbocycles. The third-order valence-corrected chi connectivity index (χ3v) is 5.04. The Morgan fingerprint density at radius 2 is 1.61 bits per heavy atom. The monoisotopic (exact) mass is 399 g/mol. The fraction of sp³-hybridized carbons (Fsp3) is 0.600. The van der Waals surface area contributed by atoms with Crippen molar-refractivity contribution in [2.24, 2.45) is 11.8 Å². The lowest BCUT2D eigenvalue weighted by Crippen LogP contribution is -2.36. The van der Waals surface area contributed by atoms with Gasteiger partial charge in [-0.25, -0.2) is 0 Å². The number of rotatable bonds is 7. The van der Waals surface area contributed by atoms with Gasteiger partial charge >= 0.3 is 6.18 Å². The number of benzene rings is 1. The minimum atomic E-state index is -4.52. The molecular weight excluding hydrogens is 371 g/mol. The summed E-state index contributed by atoms with van der Waals surface area (Å²) in [5, 5.41) is 5.34. The highest BCUT2D eigenvalue weighted by Gasteiger charge is 2.35. The first-order chi connectivity index (χ1) is 13.2. The fourth-order valence-electron chi connectivity index (χ4n) is 3.44. The van der Waals surface area contributed by atoms with Crippen molar-refractivity contribution in [3.05, 3.63) is 29.8 Å². The lowest BCUT2D eigenvalue weighted by molar-refractivity contribution is -0.137. The van der Waals surface area contributed by atoms with Gasteiger partial charge in [0.25, 0.3) is 0 Å². The first-order valence-electron chi connectivity index (χ1n) is 9.58. The van der Waals surface area contributed by atoms with Crippen LogP contribution in [0.3, 0.4) is 0 Å². The van der Waals surface area contributed by atoms with Crippen molar-refractivity contribution in [3.8, 4) is 0 Å². The fourth-order valence-corrected chi connectivity index (χ4v) is 3.44. The second kappa shape index (κ2) is 9.91. The number of nitrogens with one attached hydrogen (secondary N) is 2. The molecule has 1 aromatic rings. The number of carbonyl (C=O) groups excluding carboxylic acids is 2. The lowest BCUT2D eigenvalue weighted by Gasteiger charge is -2.27. The predicted molar refractivity (Wildman–Crippen MR) is 102 cm³/mol. The third-order valence-electron chi connectivity index (χ3n) is 5.04. The molecule has 8 heteroatoms. The average Bonchev–Trinajstić information content (AvgIpc) is 2.64. The third kappa shape index (κ3) is 6.51. The topological polar surface area (TPSA) is 61.4 Å². The van der Waals surface area contributed by atoms with Gasteiger partial charge in [-0.2, -0.15) is 13.2 Å². The van der Waals surface area contributed by atoms with Gasteiger partial charge in [0, 0.05) is 18.4 Å². The normalized spacial score (nSPS) is 20.1. The summed E-state index contributed by atoms with van der Waals surface area (Å²) in [6.45, 7) is 1.51. The quantitative estimate of drug-likeness (QED) is 0.690. The molecule has 1 aliphatic rings. The Bertz CT molecular complexity index is 669. The van der Waals surface area contributed by atoms with E-state index in [0.717, 1.165) is 19.0 Å². The summed E-state index contributed by atoms with van der Waals surface area (Å²) in [5.41, 5.74) is -1.07. The maximum absolute atomic E-state index is 13.1. The van der Waals surface area contributed by atoms with Gasteiger partial charge in [0.2, 0.25) is 11.8 Å². The average molecular weight is 399 g/mol. The molecule has 0 saturated heterocycles. The van der Waals surface area contributed by atoms with Crippen molar-refractivity contribution in [2.75, 3.05) is 32.5 Å². The number of halogens is 3. The van der Waals surface area contributed by atoms with E-state index in [1.165, 1.54) is 18.2 Å². The second-order valence-corrected chi connectivity index (χ2v) is 7.53. The van der Waals surface area contributed by atoms with Crippen LogP contribution >= 0.6 is 0 Å². The van der Waals surface area contributed by atoms with Gasteiger partial charge in [0.15, 0.2) is 0 Å². The lowest BCUT2D eigenvalue weighted by atomic mass is 9.81. The van der Waals surface area contributed by atoms with Crippen LogP contribution in [0.5, 0.6) is 0 Å². The van der Waals surface area contributed by atoms with Gasteiger partial charge < -0.3 is 15.5 Å². The number of hydrogen-bond donors (Lipinski definition) is 2. The first-order valence-corrected chi connectivity index (χ1v) is 9.58. The van der Waals surface area contributed by atoms with Crippen LogP contribution in [0.25, 0.3) is 0 Å². The summed E-state index contributed by atoms with van der Waals surface area (Å²) < 4.78 is 39.2. The molecule has 0 bridgehead atoms. The molecule has 2 rings (SSSR count). The molecule has 0 radical (unpaired) electrons. The van der Waals surface area contributed by atoms with Crippen molar-refractivity contribution < 1.29 is 22.8 Å². The number of alkyl halides is 3. The van der Waals surface area contributed by atoms with E-state index < -0.39 is 17.6 Å². The standard InChI is InChI=1S/C20H28F3N3O2/c1-26(2)13-5-12-24-18(27)14-8-10-15(11-9-14)19(28)25-17-7-4-3-6-16(17)20(21,22)23/h3-4,6-7,14-15H,5,8-13H2,1-2H3,(H,24,27)(H,25,28). The minimum absolute atomic E-state index is 0.0000290. The van der Waals surface area contributed by atoms with Gasteiger partial charge in [-0.1, -0.05) is 12.1 Å². The van der Waals surface area contributed by atoms with Crippen LogP contribution in [0.15, 0.2) is 24.3 Å². The summed E-state index contributed by atoms with van der Waals surface area (Å²) in [7, 11) is 3.95. The summed E-state index contributed by atoms with van der Waals surface area (Å²) in [6, 6.07) is 4.96. The zero-order chi connectivity index (χ0) is 20.7. The molecule has 0 heterocycles. The van der Waals surface area contributed by atoms with Crippen LogP contribution in [0.4, 0.5) is 18.9 Å². The van der Waals surface area contributed by atoms with Gasteiger partial charge in [0.1, 0.15) is 0 Å². The van der Waals surface area contributed by atoms with Crippen molar-refractivity contribution in [1.29, 1.82) is 0 Å². The highest BCUT2D eigenvalue weighted by atomic mass is 19.4. The van der Waals surface area contributed by atoms with E-state index in [2.05, 4.69) is 10.6 Å². The summed E-state index contributed by atoms with van der Waals surface area (Å²) in [5.74, 6) is -0.925. The Kier molecular flexibility index (Phi) is 7.86. The molecule has 2 N–H and O–H groups in total. The number of hydrogen-bond acceptors (Lipinski definition) is 3. The molecule has 1 saturated carbocycles. The molecule has 1 aromatic carbocycles. The smallest absolute Gasteiger partial charge is 0.356 e. The summed E-state index contributed by atoms with van der Waals surface area (Å²) in [4.78, 5) is 26.7. The molecule has 0 spiro atoms. The number of amides is 2. The van der Waals surface area contributed by atoms with Crippen LogP contribution in [0.1, 0.15) is 37.7 Å². The molecular formula is C20H28F3N3O2. The molecule has 0 unspecified atom stereocenters. The van der Waals surface area contributed by atoms with Crippen molar-refractivity contribution in [2.45, 2.75) is 38.3 Å². The van der Waals surface area contributed by atoms with E-state index in [1.807, 2.05) is 19.0 Å². The largest absolute Gasteiger partial charge is 0.418 e. The maximum Gasteiger partial charge on any atom is 0.418 e. The van der Waals surface area contributed by atoms with Gasteiger partial charge in [-0.15, -0.1) is 0 Å². The number of nitrogens with zero attached hydrogens (tertiary/aromatic N) is 1. The Labute approximate surface area is 163 Å². The van der Waals surface area contributed by atoms with Crippen molar-refractivity contribution in [3.63, 3.8) is 0 Å². The van der Waals surface area contributed by atoms with E-state index in [0.29, 0.717) is 32.2 Å². The van der Waals surface area contributed by atoms with Crippen LogP contribution in [0, 0.1) is 11.8 Å². The molecule has 0 aromatic heterocycles. The van der Waals surface area contributed by atoms with Gasteiger partial charge in [-0.05, 0) is 64.9 Å². The van der Waals surface area contributed by atoms with E-state index >= 15 is 0 Å². The summed E-state index contributed by atoms with van der Waals surface area (Å²) in [6.07, 6.45) is -1.52. The minimum Gasteiger partial charge on any atom is -0.356 e. The van der Waals surface area contributed by atoms with E-state index in [-0.39, 0.29) is 23.4 Å². The van der Waals surface area contributed by atoms with Gasteiger partial charge in [0.05, 0.1) is 11.3 Å². The predicted octanol–water partition coefficient (Wildman–Crippen LogP) is 3.52. The zero-order valence-corrected chi connectivity index (χ0v) is 16.3. The highest BCUT2D eigenvalue weighted by Crippen LogP contribution is 2.35. The zero-order valence-electron chi connectivity index (χ0n) is 16.3. The Morgan fingerprint density at radius 3 is 2.18 bits per heavy atom. The highest BCUT2D eigenvalue weighted by molar-refractivity contribution is 5.93. The molecule has 5 nitrogen and oxygen atoms in total. The first kappa shape index (κ1) is 22.2. The molecule has 1 fully saturated rings. The molecule has 2 amide bonds. The van der Waals surface area contributed by atoms with Crippen molar-refractivity contribution in [1.82, 2.24) is 10.2 Å². The van der Waals surface area contributed by atoms with Crippen LogP contribution < -0.4 is 10.6 Å². The van der Waals surface area contributed by atoms with E-state index in [4.69, 9.17) is 0 Å². The Balaban J connectivity index is 1.82. The van der Waals surface area contributed by atoms with E-state index in [9.17, 15) is 22.8 Å². The molecule has 28 heavy (non-hydrogen) atoms. The second-order valence-electron chi connectivity index (χ2n) is 7.53. The van der Waals surface area contributed by atoms with Crippen LogP contribution in [0.2, 0.25) is 0 Å². The SMILES string of the molecule is CN(C)CCCNC(=O)C1CCC(C(=O)Nc2ccccc2C(F)(F)F)CC1. The Morgan fingerprint density at radius 1 is 1.04 bits per heavy atom. The molecule has 156 valence electrons. The maximum atomic E-state index is 13.1. The molecule has 0 atom stereocenters. The number of anilines is 1. The Hall–Kier alpha value is -2.09. The number of carbonyl (C=O) groups is 2. The van der Waals surface area contributed by atoms with Gasteiger partial charge in [-0.3, -0.25) is 9.59 Å². The number of para-hydroxylation sites is 1. The van der Waals surface area contributed by atoms with E-state index in [1.54, 1.807) is 0 Å². The van der Waals surface area contributed by atoms with Crippen LogP contribution in [-0.4, -0.2) is 43.9 Å². The molecule has 0 aliphatic heterocycles.